The summed E-state index contributed by atoms with van der Waals surface area (Å²) in [5.41, 5.74) is 1.20. The summed E-state index contributed by atoms with van der Waals surface area (Å²) in [6.45, 7) is 4.55. The fourth-order valence-electron chi connectivity index (χ4n) is 2.93. The molecule has 2 rings (SSSR count). The maximum atomic E-state index is 11.6. The van der Waals surface area contributed by atoms with E-state index in [1.54, 1.807) is 19.2 Å². The summed E-state index contributed by atoms with van der Waals surface area (Å²) in [4.78, 5) is 24.6. The van der Waals surface area contributed by atoms with Gasteiger partial charge in [-0.05, 0) is 24.8 Å². The molecule has 0 fully saturated rings. The van der Waals surface area contributed by atoms with Crippen molar-refractivity contribution >= 4 is 5.97 Å². The van der Waals surface area contributed by atoms with Crippen molar-refractivity contribution in [2.45, 2.75) is 26.8 Å². The number of hydrogen-bond acceptors (Lipinski definition) is 5. The van der Waals surface area contributed by atoms with Gasteiger partial charge in [0.1, 0.15) is 0 Å². The molecular weight excluding hydrogens is 332 g/mol. The van der Waals surface area contributed by atoms with Gasteiger partial charge in [-0.15, -0.1) is 0 Å². The Hall–Kier alpha value is -2.89. The molecule has 0 saturated heterocycles. The van der Waals surface area contributed by atoms with Crippen LogP contribution in [0.1, 0.15) is 25.8 Å². The Labute approximate surface area is 153 Å². The Morgan fingerprint density at radius 1 is 1.35 bits per heavy atom. The van der Waals surface area contributed by atoms with Crippen molar-refractivity contribution in [3.8, 4) is 0 Å². The fraction of sp³-hybridized carbons (Fsp3) is 0.350. The van der Waals surface area contributed by atoms with Crippen LogP contribution >= 0.6 is 0 Å². The second kappa shape index (κ2) is 9.56. The van der Waals surface area contributed by atoms with Crippen molar-refractivity contribution in [2.24, 2.45) is 11.8 Å². The van der Waals surface area contributed by atoms with Crippen LogP contribution in [0.5, 0.6) is 0 Å². The van der Waals surface area contributed by atoms with Crippen molar-refractivity contribution in [3.63, 3.8) is 0 Å². The van der Waals surface area contributed by atoms with E-state index in [9.17, 15) is 14.9 Å². The van der Waals surface area contributed by atoms with E-state index in [2.05, 4.69) is 0 Å². The highest BCUT2D eigenvalue weighted by Gasteiger charge is 2.31. The van der Waals surface area contributed by atoms with Crippen LogP contribution in [0.15, 0.2) is 66.7 Å². The first-order chi connectivity index (χ1) is 12.5. The number of esters is 1. The molecule has 0 aliphatic carbocycles. The Morgan fingerprint density at radius 2 is 2.08 bits per heavy atom. The lowest BCUT2D eigenvalue weighted by atomic mass is 9.86. The zero-order chi connectivity index (χ0) is 18.9. The van der Waals surface area contributed by atoms with Crippen molar-refractivity contribution in [1.82, 2.24) is 4.90 Å². The molecule has 0 radical (unpaired) electrons. The van der Waals surface area contributed by atoms with Crippen LogP contribution in [-0.4, -0.2) is 22.4 Å². The molecular formula is C20H24N2O4. The van der Waals surface area contributed by atoms with Gasteiger partial charge in [0, 0.05) is 18.8 Å². The Morgan fingerprint density at radius 3 is 2.69 bits per heavy atom. The van der Waals surface area contributed by atoms with E-state index in [4.69, 9.17) is 4.74 Å². The Balaban J connectivity index is 2.16. The first kappa shape index (κ1) is 19.4. The van der Waals surface area contributed by atoms with Crippen LogP contribution in [0.2, 0.25) is 0 Å². The number of nitrogens with zero attached hydrogens (tertiary/aromatic N) is 2. The maximum Gasteiger partial charge on any atom is 0.330 e. The minimum atomic E-state index is -0.428. The second-order valence-electron chi connectivity index (χ2n) is 6.02. The largest absolute Gasteiger partial charge is 0.463 e. The van der Waals surface area contributed by atoms with Gasteiger partial charge in [0.2, 0.25) is 0 Å². The molecule has 1 heterocycles. The van der Waals surface area contributed by atoms with Gasteiger partial charge in [-0.1, -0.05) is 49.4 Å². The van der Waals surface area contributed by atoms with E-state index in [-0.39, 0.29) is 22.5 Å². The summed E-state index contributed by atoms with van der Waals surface area (Å²) in [6.07, 6.45) is 9.03. The van der Waals surface area contributed by atoms with Gasteiger partial charge >= 0.3 is 5.97 Å². The molecule has 0 N–H and O–H groups in total. The number of rotatable bonds is 8. The fourth-order valence-corrected chi connectivity index (χ4v) is 2.93. The van der Waals surface area contributed by atoms with Gasteiger partial charge in [-0.3, -0.25) is 10.1 Å². The molecule has 1 aliphatic rings. The molecule has 6 heteroatoms. The quantitative estimate of drug-likeness (QED) is 0.306. The third kappa shape index (κ3) is 5.31. The summed E-state index contributed by atoms with van der Waals surface area (Å²) in [6, 6.07) is 9.78. The van der Waals surface area contributed by atoms with E-state index in [0.717, 1.165) is 5.56 Å². The van der Waals surface area contributed by atoms with Gasteiger partial charge in [0.25, 0.3) is 5.70 Å². The van der Waals surface area contributed by atoms with E-state index >= 15 is 0 Å². The molecule has 0 aromatic heterocycles. The van der Waals surface area contributed by atoms with Crippen LogP contribution in [-0.2, 0) is 16.1 Å². The maximum absolute atomic E-state index is 11.6. The predicted molar refractivity (Wildman–Crippen MR) is 99.2 cm³/mol. The zero-order valence-corrected chi connectivity index (χ0v) is 15.1. The average Bonchev–Trinajstić information content (AvgIpc) is 2.64. The van der Waals surface area contributed by atoms with Crippen LogP contribution < -0.4 is 0 Å². The number of benzene rings is 1. The molecule has 0 bridgehead atoms. The van der Waals surface area contributed by atoms with Gasteiger partial charge in [-0.2, -0.15) is 0 Å². The first-order valence-electron chi connectivity index (χ1n) is 8.74. The van der Waals surface area contributed by atoms with Gasteiger partial charge in [0.05, 0.1) is 23.6 Å². The Kier molecular flexibility index (Phi) is 7.14. The molecule has 0 spiro atoms. The molecule has 0 unspecified atom stereocenters. The lowest BCUT2D eigenvalue weighted by Gasteiger charge is -2.25. The monoisotopic (exact) mass is 356 g/mol. The molecule has 2 atom stereocenters. The molecule has 26 heavy (non-hydrogen) atoms. The summed E-state index contributed by atoms with van der Waals surface area (Å²) >= 11 is 0. The standard InChI is InChI=1S/C20H24N2O4/c1-3-17(10-11-20(23)26-4-2)18-12-13-21(15-19(18)22(24)25)14-16-8-6-5-7-9-16/h5-13,15,17-18H,3-4,14H2,1-2H3/b11-10+/t17-,18+/m0/s1. The van der Waals surface area contributed by atoms with Crippen LogP contribution in [0.4, 0.5) is 0 Å². The van der Waals surface area contributed by atoms with E-state index in [0.29, 0.717) is 19.6 Å². The number of ether oxygens (including phenoxy) is 1. The molecule has 6 nitrogen and oxygen atoms in total. The second-order valence-corrected chi connectivity index (χ2v) is 6.02. The molecule has 1 aliphatic heterocycles. The SMILES string of the molecule is CCOC(=O)/C=C/[C@H](CC)[C@H]1C=CN(Cc2ccccc2)C=C1[N+](=O)[O-]. The van der Waals surface area contributed by atoms with E-state index in [1.807, 2.05) is 54.4 Å². The Bertz CT molecular complexity index is 710. The summed E-state index contributed by atoms with van der Waals surface area (Å²) < 4.78 is 4.88. The van der Waals surface area contributed by atoms with Crippen molar-refractivity contribution in [2.75, 3.05) is 6.61 Å². The average molecular weight is 356 g/mol. The molecule has 0 amide bonds. The number of nitro groups is 1. The molecule has 0 saturated carbocycles. The van der Waals surface area contributed by atoms with Gasteiger partial charge < -0.3 is 9.64 Å². The third-order valence-corrected chi connectivity index (χ3v) is 4.24. The summed E-state index contributed by atoms with van der Waals surface area (Å²) in [7, 11) is 0. The van der Waals surface area contributed by atoms with E-state index in [1.165, 1.54) is 6.08 Å². The minimum Gasteiger partial charge on any atom is -0.463 e. The number of allylic oxidation sites excluding steroid dienone is 2. The molecule has 138 valence electrons. The van der Waals surface area contributed by atoms with Crippen molar-refractivity contribution < 1.29 is 14.5 Å². The smallest absolute Gasteiger partial charge is 0.330 e. The van der Waals surface area contributed by atoms with Crippen LogP contribution in [0.25, 0.3) is 0 Å². The minimum absolute atomic E-state index is 0.129. The normalized spacial score (nSPS) is 17.8. The van der Waals surface area contributed by atoms with Gasteiger partial charge in [0.15, 0.2) is 0 Å². The number of hydrogen-bond donors (Lipinski definition) is 0. The van der Waals surface area contributed by atoms with Crippen LogP contribution in [0.3, 0.4) is 0 Å². The van der Waals surface area contributed by atoms with E-state index < -0.39 is 5.97 Å². The van der Waals surface area contributed by atoms with Crippen LogP contribution in [0, 0.1) is 22.0 Å². The van der Waals surface area contributed by atoms with Crippen molar-refractivity contribution in [1.29, 1.82) is 0 Å². The third-order valence-electron chi connectivity index (χ3n) is 4.24. The summed E-state index contributed by atoms with van der Waals surface area (Å²) in [5.74, 6) is -0.957. The zero-order valence-electron chi connectivity index (χ0n) is 15.1. The topological polar surface area (TPSA) is 72.7 Å². The number of carbonyl (C=O) groups is 1. The highest BCUT2D eigenvalue weighted by molar-refractivity contribution is 5.81. The highest BCUT2D eigenvalue weighted by Crippen LogP contribution is 2.30. The number of carbonyl (C=O) groups excluding carboxylic acids is 1. The molecule has 1 aromatic carbocycles. The first-order valence-corrected chi connectivity index (χ1v) is 8.74. The lowest BCUT2D eigenvalue weighted by molar-refractivity contribution is -0.434. The van der Waals surface area contributed by atoms with Crippen molar-refractivity contribution in [3.05, 3.63) is 82.3 Å². The lowest BCUT2D eigenvalue weighted by Crippen LogP contribution is -2.25. The highest BCUT2D eigenvalue weighted by atomic mass is 16.6. The molecule has 1 aromatic rings. The summed E-state index contributed by atoms with van der Waals surface area (Å²) in [5, 5.41) is 11.6. The van der Waals surface area contributed by atoms with Gasteiger partial charge in [-0.25, -0.2) is 4.79 Å². The predicted octanol–water partition coefficient (Wildman–Crippen LogP) is 3.90.